The Kier molecular flexibility index (Phi) is 5.66. The van der Waals surface area contributed by atoms with E-state index in [2.05, 4.69) is 29.9 Å². The second-order valence-electron chi connectivity index (χ2n) is 9.09. The summed E-state index contributed by atoms with van der Waals surface area (Å²) in [6.07, 6.45) is 6.08. The molecule has 0 aliphatic heterocycles. The third kappa shape index (κ3) is 4.60. The topological polar surface area (TPSA) is 142 Å². The Morgan fingerprint density at radius 3 is 2.66 bits per heavy atom. The van der Waals surface area contributed by atoms with E-state index in [0.717, 1.165) is 44.9 Å². The number of fused-ring (bicyclic) bond motifs is 2. The number of hydrogen-bond acceptors (Lipinski definition) is 6. The molecule has 4 heterocycles. The molecule has 6 aromatic rings. The van der Waals surface area contributed by atoms with Crippen LogP contribution in [0.2, 0.25) is 0 Å². The normalized spacial score (nSPS) is 11.9. The van der Waals surface area contributed by atoms with Crippen LogP contribution in [0.25, 0.3) is 55.6 Å². The quantitative estimate of drug-likeness (QED) is 0.249. The van der Waals surface area contributed by atoms with Gasteiger partial charge in [-0.15, -0.1) is 0 Å². The molecule has 0 spiro atoms. The molecule has 0 saturated heterocycles. The summed E-state index contributed by atoms with van der Waals surface area (Å²) in [6, 6.07) is 16.0. The maximum Gasteiger partial charge on any atom is 0.209 e. The summed E-state index contributed by atoms with van der Waals surface area (Å²) >= 11 is 0. The van der Waals surface area contributed by atoms with Gasteiger partial charge in [-0.2, -0.15) is 5.10 Å². The fourth-order valence-corrected chi connectivity index (χ4v) is 4.96. The summed E-state index contributed by atoms with van der Waals surface area (Å²) in [5.41, 5.74) is 13.0. The van der Waals surface area contributed by atoms with E-state index in [1.807, 2.05) is 36.4 Å². The molecule has 6 rings (SSSR count). The van der Waals surface area contributed by atoms with Crippen molar-refractivity contribution in [1.29, 1.82) is 0 Å². The number of H-pyrrole nitrogens is 2. The lowest BCUT2D eigenvalue weighted by molar-refractivity contribution is 0.586. The molecule has 2 aromatic carbocycles. The first-order valence-electron chi connectivity index (χ1n) is 11.7. The van der Waals surface area contributed by atoms with Gasteiger partial charge in [0.25, 0.3) is 0 Å². The predicted octanol–water partition coefficient (Wildman–Crippen LogP) is 4.61. The first-order valence-corrected chi connectivity index (χ1v) is 13.5. The summed E-state index contributed by atoms with van der Waals surface area (Å²) in [4.78, 5) is 12.1. The molecule has 9 nitrogen and oxygen atoms in total. The third-order valence-electron chi connectivity index (χ3n) is 6.23. The molecule has 0 unspecified atom stereocenters. The minimum Gasteiger partial charge on any atom is -0.397 e. The van der Waals surface area contributed by atoms with Crippen molar-refractivity contribution in [2.75, 3.05) is 12.0 Å². The van der Waals surface area contributed by atoms with Gasteiger partial charge in [-0.3, -0.25) is 15.1 Å². The van der Waals surface area contributed by atoms with Gasteiger partial charge in [-0.1, -0.05) is 12.1 Å². The number of benzene rings is 2. The fraction of sp³-hybridized carbons (Fsp3) is 0.0741. The molecule has 0 bridgehead atoms. The minimum absolute atomic E-state index is 0.00380. The first kappa shape index (κ1) is 23.8. The highest BCUT2D eigenvalue weighted by atomic mass is 32.2. The zero-order chi connectivity index (χ0) is 26.4. The van der Waals surface area contributed by atoms with Crippen LogP contribution in [0.15, 0.2) is 73.2 Å². The lowest BCUT2D eigenvalue weighted by Gasteiger charge is -2.08. The highest BCUT2D eigenvalue weighted by Crippen LogP contribution is 2.35. The number of pyridine rings is 2. The van der Waals surface area contributed by atoms with Gasteiger partial charge in [0.05, 0.1) is 35.0 Å². The molecule has 4 aromatic heterocycles. The zero-order valence-corrected chi connectivity index (χ0v) is 21.0. The SMILES string of the molecule is CS(=O)(=O)NCc1cc(F)cc(-c2cccc3[nH]c(-c4n[nH]c5cnc(-c6cncc(N)c6)cc45)cc23)c1. The van der Waals surface area contributed by atoms with Gasteiger partial charge in [0.15, 0.2) is 0 Å². The van der Waals surface area contributed by atoms with E-state index in [9.17, 15) is 12.8 Å². The highest BCUT2D eigenvalue weighted by Gasteiger charge is 2.16. The van der Waals surface area contributed by atoms with Crippen molar-refractivity contribution in [2.45, 2.75) is 6.54 Å². The Morgan fingerprint density at radius 2 is 1.84 bits per heavy atom. The van der Waals surface area contributed by atoms with Gasteiger partial charge in [-0.25, -0.2) is 17.5 Å². The second kappa shape index (κ2) is 9.05. The number of aromatic nitrogens is 5. The van der Waals surface area contributed by atoms with Crippen molar-refractivity contribution < 1.29 is 12.8 Å². The number of nitrogens with zero attached hydrogens (tertiary/aromatic N) is 3. The predicted molar refractivity (Wildman–Crippen MR) is 146 cm³/mol. The monoisotopic (exact) mass is 527 g/mol. The van der Waals surface area contributed by atoms with Crippen molar-refractivity contribution in [3.05, 3.63) is 84.6 Å². The van der Waals surface area contributed by atoms with Gasteiger partial charge >= 0.3 is 0 Å². The smallest absolute Gasteiger partial charge is 0.209 e. The highest BCUT2D eigenvalue weighted by molar-refractivity contribution is 7.88. The number of halogens is 1. The van der Waals surface area contributed by atoms with Crippen molar-refractivity contribution in [1.82, 2.24) is 29.9 Å². The average molecular weight is 528 g/mol. The molecule has 0 fully saturated rings. The minimum atomic E-state index is -3.41. The van der Waals surface area contributed by atoms with Crippen LogP contribution in [0.4, 0.5) is 10.1 Å². The number of aromatic amines is 2. The van der Waals surface area contributed by atoms with Gasteiger partial charge in [0, 0.05) is 40.8 Å². The molecular weight excluding hydrogens is 505 g/mol. The van der Waals surface area contributed by atoms with E-state index in [4.69, 9.17) is 5.73 Å². The van der Waals surface area contributed by atoms with Crippen molar-refractivity contribution in [2.24, 2.45) is 0 Å². The molecule has 190 valence electrons. The summed E-state index contributed by atoms with van der Waals surface area (Å²) < 4.78 is 40.0. The average Bonchev–Trinajstić information content (AvgIpc) is 3.50. The van der Waals surface area contributed by atoms with Crippen LogP contribution in [0, 0.1) is 5.82 Å². The lowest BCUT2D eigenvalue weighted by atomic mass is 9.99. The molecule has 11 heteroatoms. The van der Waals surface area contributed by atoms with Crippen LogP contribution in [-0.4, -0.2) is 39.8 Å². The largest absolute Gasteiger partial charge is 0.397 e. The van der Waals surface area contributed by atoms with Crippen LogP contribution in [-0.2, 0) is 16.6 Å². The number of hydrogen-bond donors (Lipinski definition) is 4. The Balaban J connectivity index is 1.43. The number of nitrogens with two attached hydrogens (primary N) is 1. The molecule has 0 saturated carbocycles. The van der Waals surface area contributed by atoms with Gasteiger partial charge in [-0.05, 0) is 59.2 Å². The van der Waals surface area contributed by atoms with Crippen LogP contribution < -0.4 is 10.5 Å². The van der Waals surface area contributed by atoms with Crippen molar-refractivity contribution in [3.63, 3.8) is 0 Å². The Morgan fingerprint density at radius 1 is 0.974 bits per heavy atom. The summed E-state index contributed by atoms with van der Waals surface area (Å²) in [6.45, 7) is -0.00380. The van der Waals surface area contributed by atoms with Crippen LogP contribution in [0.5, 0.6) is 0 Å². The number of nitrogens with one attached hydrogen (secondary N) is 3. The van der Waals surface area contributed by atoms with E-state index in [1.165, 1.54) is 12.1 Å². The number of rotatable bonds is 6. The molecule has 0 amide bonds. The summed E-state index contributed by atoms with van der Waals surface area (Å²) in [5, 5.41) is 9.30. The van der Waals surface area contributed by atoms with Crippen LogP contribution in [0.3, 0.4) is 0 Å². The Bertz CT molecular complexity index is 1950. The van der Waals surface area contributed by atoms with E-state index in [1.54, 1.807) is 24.7 Å². The molecule has 0 radical (unpaired) electrons. The maximum atomic E-state index is 14.5. The molecule has 0 atom stereocenters. The van der Waals surface area contributed by atoms with Gasteiger partial charge in [0.1, 0.15) is 11.5 Å². The Hall–Kier alpha value is -4.61. The Labute approximate surface area is 217 Å². The number of anilines is 1. The summed E-state index contributed by atoms with van der Waals surface area (Å²) in [7, 11) is -3.41. The molecule has 5 N–H and O–H groups in total. The van der Waals surface area contributed by atoms with Gasteiger partial charge < -0.3 is 10.7 Å². The molecule has 0 aliphatic carbocycles. The van der Waals surface area contributed by atoms with E-state index in [0.29, 0.717) is 28.2 Å². The first-order chi connectivity index (χ1) is 18.2. The zero-order valence-electron chi connectivity index (χ0n) is 20.2. The third-order valence-corrected chi connectivity index (χ3v) is 6.90. The number of nitrogen functional groups attached to an aromatic ring is 1. The van der Waals surface area contributed by atoms with Crippen molar-refractivity contribution >= 4 is 37.5 Å². The molecule has 0 aliphatic rings. The summed E-state index contributed by atoms with van der Waals surface area (Å²) in [5.74, 6) is -0.449. The number of sulfonamides is 1. The van der Waals surface area contributed by atoms with Crippen LogP contribution >= 0.6 is 0 Å². The maximum absolute atomic E-state index is 14.5. The van der Waals surface area contributed by atoms with Gasteiger partial charge in [0.2, 0.25) is 10.0 Å². The molecular formula is C27H22FN7O2S. The fourth-order valence-electron chi connectivity index (χ4n) is 4.53. The second-order valence-corrected chi connectivity index (χ2v) is 10.9. The van der Waals surface area contributed by atoms with E-state index >= 15 is 0 Å². The lowest BCUT2D eigenvalue weighted by Crippen LogP contribution is -2.21. The van der Waals surface area contributed by atoms with E-state index in [-0.39, 0.29) is 6.54 Å². The molecule has 38 heavy (non-hydrogen) atoms. The van der Waals surface area contributed by atoms with E-state index < -0.39 is 15.8 Å². The van der Waals surface area contributed by atoms with Crippen molar-refractivity contribution in [3.8, 4) is 33.8 Å². The van der Waals surface area contributed by atoms with Crippen LogP contribution in [0.1, 0.15) is 5.56 Å². The standard InChI is InChI=1S/C27H22FN7O2S/c1-38(36,37)32-11-15-5-16(7-18(28)6-15)20-3-2-4-23-21(20)9-25(33-23)27-22-10-24(31-14-26(22)34-35-27)17-8-19(29)13-30-12-17/h2-10,12-14,32-33H,11,29H2,1H3,(H,34,35).